The van der Waals surface area contributed by atoms with Gasteiger partial charge in [-0.25, -0.2) is 14.5 Å². The normalized spacial score (nSPS) is 12.4. The van der Waals surface area contributed by atoms with Gasteiger partial charge in [-0.2, -0.15) is 5.10 Å². The smallest absolute Gasteiger partial charge is 0.339 e. The first-order chi connectivity index (χ1) is 14.2. The van der Waals surface area contributed by atoms with Crippen molar-refractivity contribution in [2.24, 2.45) is 0 Å². The summed E-state index contributed by atoms with van der Waals surface area (Å²) in [6.45, 7) is 9.63. The Kier molecular flexibility index (Phi) is 6.20. The van der Waals surface area contributed by atoms with Gasteiger partial charge in [-0.1, -0.05) is 32.0 Å². The highest BCUT2D eigenvalue weighted by molar-refractivity contribution is 6.04. The van der Waals surface area contributed by atoms with Gasteiger partial charge in [0.1, 0.15) is 0 Å². The molecule has 0 fully saturated rings. The first kappa shape index (κ1) is 21.5. The Balaban J connectivity index is 1.90. The number of nitrogens with zero attached hydrogens (tertiary/aromatic N) is 4. The lowest BCUT2D eigenvalue weighted by Crippen LogP contribution is -2.37. The molecule has 1 atom stereocenters. The summed E-state index contributed by atoms with van der Waals surface area (Å²) in [7, 11) is 1.66. The van der Waals surface area contributed by atoms with E-state index in [1.807, 2.05) is 58.0 Å². The average molecular weight is 409 g/mol. The quantitative estimate of drug-likeness (QED) is 0.567. The van der Waals surface area contributed by atoms with Crippen LogP contribution >= 0.6 is 0 Å². The number of pyridine rings is 1. The topological polar surface area (TPSA) is 77.3 Å². The van der Waals surface area contributed by atoms with Crippen molar-refractivity contribution in [3.8, 4) is 0 Å². The van der Waals surface area contributed by atoms with Gasteiger partial charge in [0.25, 0.3) is 5.91 Å². The highest BCUT2D eigenvalue weighted by Crippen LogP contribution is 2.25. The highest BCUT2D eigenvalue weighted by atomic mass is 16.5. The van der Waals surface area contributed by atoms with Crippen molar-refractivity contribution in [2.45, 2.75) is 52.7 Å². The van der Waals surface area contributed by atoms with Crippen molar-refractivity contribution in [1.29, 1.82) is 0 Å². The highest BCUT2D eigenvalue weighted by Gasteiger charge is 2.26. The molecule has 1 aromatic carbocycles. The minimum Gasteiger partial charge on any atom is -0.449 e. The number of anilines is 1. The summed E-state index contributed by atoms with van der Waals surface area (Å²) in [5, 5.41) is 5.01. The number of carbonyl (C=O) groups is 2. The van der Waals surface area contributed by atoms with Gasteiger partial charge in [0, 0.05) is 24.5 Å². The first-order valence-electron chi connectivity index (χ1n) is 10.1. The summed E-state index contributed by atoms with van der Waals surface area (Å²) < 4.78 is 7.35. The van der Waals surface area contributed by atoms with Gasteiger partial charge < -0.3 is 9.64 Å². The van der Waals surface area contributed by atoms with Crippen LogP contribution in [-0.4, -0.2) is 39.8 Å². The standard InChI is InChI=1S/C23H28N4O3/c1-14(2)20-12-18(19-13-24-27(15(3)4)21(19)25-20)23(29)30-16(5)22(28)26(6)17-10-8-7-9-11-17/h7-16H,1-6H3/t16-/m0/s1. The molecule has 2 aromatic heterocycles. The van der Waals surface area contributed by atoms with Gasteiger partial charge >= 0.3 is 5.97 Å². The predicted molar refractivity (Wildman–Crippen MR) is 117 cm³/mol. The van der Waals surface area contributed by atoms with Crippen molar-refractivity contribution in [1.82, 2.24) is 14.8 Å². The fraction of sp³-hybridized carbons (Fsp3) is 0.391. The van der Waals surface area contributed by atoms with Crippen LogP contribution in [0, 0.1) is 0 Å². The molecule has 0 bridgehead atoms. The fourth-order valence-electron chi connectivity index (χ4n) is 3.21. The zero-order valence-corrected chi connectivity index (χ0v) is 18.3. The third kappa shape index (κ3) is 4.20. The lowest BCUT2D eigenvalue weighted by atomic mass is 10.1. The Morgan fingerprint density at radius 3 is 2.33 bits per heavy atom. The maximum atomic E-state index is 13.0. The number of aromatic nitrogens is 3. The third-order valence-electron chi connectivity index (χ3n) is 4.99. The van der Waals surface area contributed by atoms with Crippen molar-refractivity contribution < 1.29 is 14.3 Å². The van der Waals surface area contributed by atoms with Gasteiger partial charge in [-0.15, -0.1) is 0 Å². The lowest BCUT2D eigenvalue weighted by molar-refractivity contribution is -0.126. The molecule has 0 N–H and O–H groups in total. The summed E-state index contributed by atoms with van der Waals surface area (Å²) in [6, 6.07) is 11.1. The predicted octanol–water partition coefficient (Wildman–Crippen LogP) is 4.34. The fourth-order valence-corrected chi connectivity index (χ4v) is 3.21. The number of hydrogen-bond acceptors (Lipinski definition) is 5. The van der Waals surface area contributed by atoms with E-state index in [1.165, 1.54) is 4.90 Å². The second kappa shape index (κ2) is 8.65. The summed E-state index contributed by atoms with van der Waals surface area (Å²) >= 11 is 0. The van der Waals surface area contributed by atoms with E-state index in [-0.39, 0.29) is 17.9 Å². The van der Waals surface area contributed by atoms with Crippen LogP contribution in [0.2, 0.25) is 0 Å². The SMILES string of the molecule is CC(C)c1cc(C(=O)O[C@@H](C)C(=O)N(C)c2ccccc2)c2cnn(C(C)C)c2n1. The van der Waals surface area contributed by atoms with Crippen LogP contribution in [0.3, 0.4) is 0 Å². The Morgan fingerprint density at radius 2 is 1.73 bits per heavy atom. The maximum Gasteiger partial charge on any atom is 0.339 e. The number of benzene rings is 1. The van der Waals surface area contributed by atoms with E-state index in [0.717, 1.165) is 11.4 Å². The molecule has 0 saturated carbocycles. The molecular weight excluding hydrogens is 380 g/mol. The molecule has 7 nitrogen and oxygen atoms in total. The molecule has 3 aromatic rings. The van der Waals surface area contributed by atoms with Gasteiger partial charge in [0.05, 0.1) is 17.1 Å². The second-order valence-electron chi connectivity index (χ2n) is 7.95. The number of ether oxygens (including phenoxy) is 1. The number of likely N-dealkylation sites (N-methyl/N-ethyl adjacent to an activating group) is 1. The maximum absolute atomic E-state index is 13.0. The molecule has 2 heterocycles. The molecule has 30 heavy (non-hydrogen) atoms. The molecule has 1 amide bonds. The number of fused-ring (bicyclic) bond motifs is 1. The minimum absolute atomic E-state index is 0.0984. The third-order valence-corrected chi connectivity index (χ3v) is 4.99. The number of amides is 1. The first-order valence-corrected chi connectivity index (χ1v) is 10.1. The van der Waals surface area contributed by atoms with Crippen LogP contribution in [0.25, 0.3) is 11.0 Å². The molecule has 0 aliphatic heterocycles. The van der Waals surface area contributed by atoms with Crippen LogP contribution in [0.15, 0.2) is 42.6 Å². The van der Waals surface area contributed by atoms with Crippen LogP contribution in [0.4, 0.5) is 5.69 Å². The van der Waals surface area contributed by atoms with E-state index in [4.69, 9.17) is 9.72 Å². The monoisotopic (exact) mass is 408 g/mol. The van der Waals surface area contributed by atoms with E-state index in [0.29, 0.717) is 16.6 Å². The van der Waals surface area contributed by atoms with Crippen LogP contribution in [0.5, 0.6) is 0 Å². The number of hydrogen-bond donors (Lipinski definition) is 0. The number of para-hydroxylation sites is 1. The molecule has 7 heteroatoms. The molecule has 158 valence electrons. The van der Waals surface area contributed by atoms with E-state index in [9.17, 15) is 9.59 Å². The second-order valence-corrected chi connectivity index (χ2v) is 7.95. The summed E-state index contributed by atoms with van der Waals surface area (Å²) in [5.41, 5.74) is 2.52. The Hall–Kier alpha value is -3.22. The number of carbonyl (C=O) groups excluding carboxylic acids is 2. The van der Waals surface area contributed by atoms with Crippen molar-refractivity contribution >= 4 is 28.6 Å². The van der Waals surface area contributed by atoms with Gasteiger partial charge in [0.2, 0.25) is 0 Å². The number of esters is 1. The molecule has 3 rings (SSSR count). The zero-order valence-electron chi connectivity index (χ0n) is 18.3. The van der Waals surface area contributed by atoms with E-state index >= 15 is 0 Å². The van der Waals surface area contributed by atoms with Crippen molar-refractivity contribution in [3.05, 3.63) is 53.9 Å². The van der Waals surface area contributed by atoms with Gasteiger partial charge in [-0.05, 0) is 44.9 Å². The molecule has 0 aliphatic carbocycles. The minimum atomic E-state index is -0.937. The molecule has 0 unspecified atom stereocenters. The molecule has 0 saturated heterocycles. The molecule has 0 spiro atoms. The van der Waals surface area contributed by atoms with Crippen LogP contribution in [-0.2, 0) is 9.53 Å². The molecular formula is C23H28N4O3. The number of rotatable bonds is 6. The molecule has 0 aliphatic rings. The zero-order chi connectivity index (χ0) is 22.0. The largest absolute Gasteiger partial charge is 0.449 e. The van der Waals surface area contributed by atoms with E-state index in [1.54, 1.807) is 30.9 Å². The van der Waals surface area contributed by atoms with Crippen LogP contribution < -0.4 is 4.90 Å². The van der Waals surface area contributed by atoms with Gasteiger partial charge in [-0.3, -0.25) is 4.79 Å². The lowest BCUT2D eigenvalue weighted by Gasteiger charge is -2.21. The summed E-state index contributed by atoms with van der Waals surface area (Å²) in [5.74, 6) is -0.739. The van der Waals surface area contributed by atoms with Crippen molar-refractivity contribution in [2.75, 3.05) is 11.9 Å². The van der Waals surface area contributed by atoms with E-state index in [2.05, 4.69) is 5.10 Å². The van der Waals surface area contributed by atoms with E-state index < -0.39 is 12.1 Å². The Morgan fingerprint density at radius 1 is 1.07 bits per heavy atom. The molecule has 0 radical (unpaired) electrons. The summed E-state index contributed by atoms with van der Waals surface area (Å²) in [4.78, 5) is 32.0. The van der Waals surface area contributed by atoms with Gasteiger partial charge in [0.15, 0.2) is 11.8 Å². The summed E-state index contributed by atoms with van der Waals surface area (Å²) in [6.07, 6.45) is 0.694. The Labute approximate surface area is 176 Å². The van der Waals surface area contributed by atoms with Crippen molar-refractivity contribution in [3.63, 3.8) is 0 Å². The average Bonchev–Trinajstić information content (AvgIpc) is 3.16. The van der Waals surface area contributed by atoms with Crippen LogP contribution in [0.1, 0.15) is 62.6 Å². The Bertz CT molecular complexity index is 1060.